The van der Waals surface area contributed by atoms with Gasteiger partial charge in [-0.1, -0.05) is 36.4 Å². The Labute approximate surface area is 171 Å². The van der Waals surface area contributed by atoms with Gasteiger partial charge in [-0.25, -0.2) is 9.59 Å². The van der Waals surface area contributed by atoms with Gasteiger partial charge in [0, 0.05) is 38.1 Å². The van der Waals surface area contributed by atoms with Crippen LogP contribution < -0.4 is 10.1 Å². The number of hydrogen-bond donors (Lipinski definition) is 1. The van der Waals surface area contributed by atoms with Crippen molar-refractivity contribution < 1.29 is 19.1 Å². The zero-order valence-corrected chi connectivity index (χ0v) is 16.9. The van der Waals surface area contributed by atoms with Gasteiger partial charge in [0.05, 0.1) is 13.2 Å². The van der Waals surface area contributed by atoms with Crippen LogP contribution in [0.15, 0.2) is 42.5 Å². The van der Waals surface area contributed by atoms with E-state index in [1.54, 1.807) is 16.7 Å². The first-order chi connectivity index (χ1) is 14.2. The fraction of sp³-hybridized carbons (Fsp3) is 0.455. The maximum absolute atomic E-state index is 12.4. The van der Waals surface area contributed by atoms with Gasteiger partial charge in [0.2, 0.25) is 0 Å². The summed E-state index contributed by atoms with van der Waals surface area (Å²) in [6.45, 7) is 5.48. The van der Waals surface area contributed by atoms with Crippen molar-refractivity contribution in [2.24, 2.45) is 0 Å². The van der Waals surface area contributed by atoms with Crippen LogP contribution in [0.3, 0.4) is 0 Å². The van der Waals surface area contributed by atoms with Crippen LogP contribution in [0.25, 0.3) is 10.8 Å². The lowest BCUT2D eigenvalue weighted by Gasteiger charge is -2.22. The molecule has 3 amide bonds. The van der Waals surface area contributed by atoms with Crippen LogP contribution in [0.5, 0.6) is 5.75 Å². The summed E-state index contributed by atoms with van der Waals surface area (Å²) in [5.74, 6) is 0.862. The van der Waals surface area contributed by atoms with Gasteiger partial charge in [0.25, 0.3) is 0 Å². The van der Waals surface area contributed by atoms with E-state index in [9.17, 15) is 9.59 Å². The third-order valence-electron chi connectivity index (χ3n) is 4.91. The van der Waals surface area contributed by atoms with Gasteiger partial charge in [0.1, 0.15) is 5.75 Å². The molecule has 0 bridgehead atoms. The molecule has 2 aromatic rings. The number of nitrogens with zero attached hydrogens (tertiary/aromatic N) is 2. The number of fused-ring (bicyclic) bond motifs is 1. The second-order valence-corrected chi connectivity index (χ2v) is 6.94. The van der Waals surface area contributed by atoms with E-state index in [2.05, 4.69) is 17.4 Å². The molecule has 29 heavy (non-hydrogen) atoms. The summed E-state index contributed by atoms with van der Waals surface area (Å²) in [4.78, 5) is 27.7. The number of hydrogen-bond acceptors (Lipinski definition) is 4. The average molecular weight is 399 g/mol. The highest BCUT2D eigenvalue weighted by atomic mass is 16.6. The van der Waals surface area contributed by atoms with Gasteiger partial charge in [-0.3, -0.25) is 0 Å². The topological polar surface area (TPSA) is 71.1 Å². The van der Waals surface area contributed by atoms with E-state index >= 15 is 0 Å². The van der Waals surface area contributed by atoms with Gasteiger partial charge in [-0.05, 0) is 31.2 Å². The minimum atomic E-state index is -0.305. The maximum Gasteiger partial charge on any atom is 0.409 e. The van der Waals surface area contributed by atoms with Crippen LogP contribution in [0.2, 0.25) is 0 Å². The SMILES string of the molecule is CCOC(=O)N1CCCN(C(=O)NCCCOc2cccc3ccccc23)CC1. The molecule has 0 saturated carbocycles. The number of rotatable bonds is 6. The minimum absolute atomic E-state index is 0.0964. The van der Waals surface area contributed by atoms with Gasteiger partial charge in [0.15, 0.2) is 0 Å². The summed E-state index contributed by atoms with van der Waals surface area (Å²) in [5.41, 5.74) is 0. The van der Waals surface area contributed by atoms with E-state index in [0.717, 1.165) is 29.4 Å². The van der Waals surface area contributed by atoms with Gasteiger partial charge in [-0.15, -0.1) is 0 Å². The molecule has 1 saturated heterocycles. The van der Waals surface area contributed by atoms with E-state index < -0.39 is 0 Å². The molecular weight excluding hydrogens is 370 g/mol. The summed E-state index contributed by atoms with van der Waals surface area (Å²) < 4.78 is 10.9. The third kappa shape index (κ3) is 5.76. The van der Waals surface area contributed by atoms with Crippen molar-refractivity contribution in [1.29, 1.82) is 0 Å². The highest BCUT2D eigenvalue weighted by Gasteiger charge is 2.22. The third-order valence-corrected chi connectivity index (χ3v) is 4.91. The van der Waals surface area contributed by atoms with Crippen LogP contribution in [0, 0.1) is 0 Å². The molecule has 3 rings (SSSR count). The largest absolute Gasteiger partial charge is 0.493 e. The second kappa shape index (κ2) is 10.5. The lowest BCUT2D eigenvalue weighted by molar-refractivity contribution is 0.108. The zero-order valence-electron chi connectivity index (χ0n) is 16.9. The Bertz CT molecular complexity index is 821. The Morgan fingerprint density at radius 3 is 2.62 bits per heavy atom. The molecule has 0 atom stereocenters. The zero-order chi connectivity index (χ0) is 20.5. The predicted octanol–water partition coefficient (Wildman–Crippen LogP) is 3.48. The smallest absolute Gasteiger partial charge is 0.409 e. The molecule has 1 aliphatic heterocycles. The maximum atomic E-state index is 12.4. The fourth-order valence-electron chi connectivity index (χ4n) is 3.40. The van der Waals surface area contributed by atoms with Crippen molar-refractivity contribution in [2.75, 3.05) is 45.9 Å². The summed E-state index contributed by atoms with van der Waals surface area (Å²) in [6, 6.07) is 14.0. The summed E-state index contributed by atoms with van der Waals surface area (Å²) in [5, 5.41) is 5.19. The predicted molar refractivity (Wildman–Crippen MR) is 112 cm³/mol. The summed E-state index contributed by atoms with van der Waals surface area (Å²) >= 11 is 0. The molecule has 1 heterocycles. The highest BCUT2D eigenvalue weighted by molar-refractivity contribution is 5.88. The van der Waals surface area contributed by atoms with E-state index in [1.807, 2.05) is 30.3 Å². The Morgan fingerprint density at radius 2 is 1.76 bits per heavy atom. The molecule has 2 aromatic carbocycles. The lowest BCUT2D eigenvalue weighted by Crippen LogP contribution is -2.43. The first-order valence-electron chi connectivity index (χ1n) is 10.2. The number of urea groups is 1. The molecule has 0 unspecified atom stereocenters. The Morgan fingerprint density at radius 1 is 1.00 bits per heavy atom. The minimum Gasteiger partial charge on any atom is -0.493 e. The summed E-state index contributed by atoms with van der Waals surface area (Å²) in [7, 11) is 0. The van der Waals surface area contributed by atoms with Crippen LogP contribution in [-0.2, 0) is 4.74 Å². The van der Waals surface area contributed by atoms with Crippen molar-refractivity contribution in [3.8, 4) is 5.75 Å². The Kier molecular flexibility index (Phi) is 7.55. The van der Waals surface area contributed by atoms with Crippen LogP contribution in [0.1, 0.15) is 19.8 Å². The van der Waals surface area contributed by atoms with Gasteiger partial charge < -0.3 is 24.6 Å². The highest BCUT2D eigenvalue weighted by Crippen LogP contribution is 2.25. The van der Waals surface area contributed by atoms with Crippen LogP contribution >= 0.6 is 0 Å². The summed E-state index contributed by atoms with van der Waals surface area (Å²) in [6.07, 6.45) is 1.16. The van der Waals surface area contributed by atoms with Crippen molar-refractivity contribution in [1.82, 2.24) is 15.1 Å². The number of ether oxygens (including phenoxy) is 2. The molecule has 0 aromatic heterocycles. The molecule has 1 aliphatic rings. The van der Waals surface area contributed by atoms with Crippen molar-refractivity contribution >= 4 is 22.9 Å². The molecule has 0 spiro atoms. The van der Waals surface area contributed by atoms with Crippen molar-refractivity contribution in [2.45, 2.75) is 19.8 Å². The standard InChI is InChI=1S/C22H29N3O4/c1-2-28-22(27)25-14-7-13-24(15-16-25)21(26)23-12-6-17-29-20-11-5-9-18-8-3-4-10-19(18)20/h3-5,8-11H,2,6-7,12-17H2,1H3,(H,23,26). The quantitative estimate of drug-likeness (QED) is 0.755. The number of carbonyl (C=O) groups excluding carboxylic acids is 2. The molecule has 0 radical (unpaired) electrons. The van der Waals surface area contributed by atoms with Crippen molar-refractivity contribution in [3.05, 3.63) is 42.5 Å². The normalized spacial score (nSPS) is 14.4. The number of nitrogens with one attached hydrogen (secondary N) is 1. The Hall–Kier alpha value is -2.96. The van der Waals surface area contributed by atoms with Crippen molar-refractivity contribution in [3.63, 3.8) is 0 Å². The van der Waals surface area contributed by atoms with E-state index in [4.69, 9.17) is 9.47 Å². The number of carbonyl (C=O) groups is 2. The Balaban J connectivity index is 1.38. The molecule has 7 heteroatoms. The molecule has 1 N–H and O–H groups in total. The second-order valence-electron chi connectivity index (χ2n) is 6.94. The van der Waals surface area contributed by atoms with E-state index in [1.165, 1.54) is 0 Å². The van der Waals surface area contributed by atoms with Crippen LogP contribution in [-0.4, -0.2) is 67.9 Å². The first kappa shape index (κ1) is 20.8. The van der Waals surface area contributed by atoms with Gasteiger partial charge in [-0.2, -0.15) is 0 Å². The molecule has 0 aliphatic carbocycles. The first-order valence-corrected chi connectivity index (χ1v) is 10.2. The lowest BCUT2D eigenvalue weighted by atomic mass is 10.1. The molecular formula is C22H29N3O4. The van der Waals surface area contributed by atoms with Crippen LogP contribution in [0.4, 0.5) is 9.59 Å². The van der Waals surface area contributed by atoms with Gasteiger partial charge >= 0.3 is 12.1 Å². The number of benzene rings is 2. The number of amides is 3. The monoisotopic (exact) mass is 399 g/mol. The molecule has 1 fully saturated rings. The average Bonchev–Trinajstić information content (AvgIpc) is 3.00. The fourth-order valence-corrected chi connectivity index (χ4v) is 3.40. The van der Waals surface area contributed by atoms with E-state index in [0.29, 0.717) is 45.9 Å². The molecule has 7 nitrogen and oxygen atoms in total. The van der Waals surface area contributed by atoms with E-state index in [-0.39, 0.29) is 12.1 Å². The molecule has 156 valence electrons.